The highest BCUT2D eigenvalue weighted by atomic mass is 32.2. The first-order chi connectivity index (χ1) is 12.9. The molecule has 10 heteroatoms. The van der Waals surface area contributed by atoms with E-state index in [2.05, 4.69) is 15.7 Å². The predicted molar refractivity (Wildman–Crippen MR) is 95.8 cm³/mol. The van der Waals surface area contributed by atoms with E-state index >= 15 is 0 Å². The van der Waals surface area contributed by atoms with Crippen molar-refractivity contribution in [2.75, 3.05) is 5.32 Å². The van der Waals surface area contributed by atoms with Gasteiger partial charge in [0.2, 0.25) is 0 Å². The first kappa shape index (κ1) is 17.0. The maximum Gasteiger partial charge on any atom is 0.273 e. The van der Waals surface area contributed by atoms with E-state index in [1.807, 2.05) is 0 Å². The quantitative estimate of drug-likeness (QED) is 0.697. The molecular formula is C17H15N5O4S. The van der Waals surface area contributed by atoms with Crippen molar-refractivity contribution in [3.63, 3.8) is 0 Å². The summed E-state index contributed by atoms with van der Waals surface area (Å²) in [6.45, 7) is 0.278. The lowest BCUT2D eigenvalue weighted by Crippen LogP contribution is -2.23. The molecule has 0 saturated carbocycles. The van der Waals surface area contributed by atoms with Gasteiger partial charge in [-0.2, -0.15) is 5.10 Å². The number of nitrogens with one attached hydrogen (secondary N) is 2. The van der Waals surface area contributed by atoms with E-state index in [-0.39, 0.29) is 28.4 Å². The monoisotopic (exact) mass is 385 g/mol. The Kier molecular flexibility index (Phi) is 3.84. The Labute approximate surface area is 154 Å². The Balaban J connectivity index is 1.64. The first-order valence-corrected chi connectivity index (χ1v) is 9.44. The molecule has 3 heterocycles. The predicted octanol–water partition coefficient (Wildman–Crippen LogP) is 0.954. The van der Waals surface area contributed by atoms with Gasteiger partial charge >= 0.3 is 0 Å². The van der Waals surface area contributed by atoms with E-state index in [9.17, 15) is 18.0 Å². The Morgan fingerprint density at radius 2 is 2.11 bits per heavy atom. The van der Waals surface area contributed by atoms with Crippen LogP contribution in [0.3, 0.4) is 0 Å². The lowest BCUT2D eigenvalue weighted by Gasteiger charge is -2.10. The number of carbonyl (C=O) groups is 2. The minimum absolute atomic E-state index is 0.00813. The van der Waals surface area contributed by atoms with Gasteiger partial charge in [-0.05, 0) is 30.3 Å². The third kappa shape index (κ3) is 2.89. The van der Waals surface area contributed by atoms with E-state index in [1.165, 1.54) is 36.5 Å². The number of benzene rings is 1. The molecule has 1 aliphatic rings. The van der Waals surface area contributed by atoms with Crippen molar-refractivity contribution in [1.29, 1.82) is 0 Å². The Morgan fingerprint density at radius 1 is 1.30 bits per heavy atom. The molecule has 4 rings (SSSR count). The van der Waals surface area contributed by atoms with Gasteiger partial charge in [-0.1, -0.05) is 0 Å². The lowest BCUT2D eigenvalue weighted by atomic mass is 10.1. The van der Waals surface area contributed by atoms with Crippen LogP contribution in [-0.4, -0.2) is 34.0 Å². The molecule has 27 heavy (non-hydrogen) atoms. The highest BCUT2D eigenvalue weighted by Gasteiger charge is 2.30. The van der Waals surface area contributed by atoms with Crippen LogP contribution in [0.15, 0.2) is 53.8 Å². The SMILES string of the molecule is Cn1cc(CNC(=O)c2ccc3c(c2)NC(=O)c2cccn2S3(=O)=O)cn1. The number of aromatic nitrogens is 3. The van der Waals surface area contributed by atoms with Crippen LogP contribution in [0.1, 0.15) is 26.4 Å². The molecule has 9 nitrogen and oxygen atoms in total. The molecule has 0 radical (unpaired) electrons. The minimum atomic E-state index is -3.93. The maximum absolute atomic E-state index is 12.8. The van der Waals surface area contributed by atoms with Crippen LogP contribution in [0.25, 0.3) is 0 Å². The molecule has 0 spiro atoms. The Hall–Kier alpha value is -3.40. The van der Waals surface area contributed by atoms with Crippen LogP contribution in [0, 0.1) is 0 Å². The lowest BCUT2D eigenvalue weighted by molar-refractivity contribution is 0.0949. The fraction of sp³-hybridized carbons (Fsp3) is 0.118. The van der Waals surface area contributed by atoms with Crippen molar-refractivity contribution < 1.29 is 18.0 Å². The molecule has 2 N–H and O–H groups in total. The molecule has 0 aliphatic carbocycles. The molecule has 1 aromatic carbocycles. The summed E-state index contributed by atoms with van der Waals surface area (Å²) >= 11 is 0. The summed E-state index contributed by atoms with van der Waals surface area (Å²) in [6.07, 6.45) is 4.73. The maximum atomic E-state index is 12.8. The molecule has 3 aromatic rings. The highest BCUT2D eigenvalue weighted by Crippen LogP contribution is 2.29. The smallest absolute Gasteiger partial charge is 0.273 e. The van der Waals surface area contributed by atoms with Gasteiger partial charge in [0.25, 0.3) is 21.8 Å². The molecule has 1 aliphatic heterocycles. The third-order valence-electron chi connectivity index (χ3n) is 4.18. The molecule has 0 saturated heterocycles. The van der Waals surface area contributed by atoms with Gasteiger partial charge in [-0.3, -0.25) is 14.3 Å². The van der Waals surface area contributed by atoms with Gasteiger partial charge in [0.05, 0.1) is 11.9 Å². The summed E-state index contributed by atoms with van der Waals surface area (Å²) < 4.78 is 28.1. The number of fused-ring (bicyclic) bond motifs is 2. The number of anilines is 1. The van der Waals surface area contributed by atoms with Crippen molar-refractivity contribution in [1.82, 2.24) is 19.1 Å². The van der Waals surface area contributed by atoms with E-state index in [4.69, 9.17) is 0 Å². The average molecular weight is 385 g/mol. The summed E-state index contributed by atoms with van der Waals surface area (Å²) in [4.78, 5) is 24.6. The van der Waals surface area contributed by atoms with Gasteiger partial charge < -0.3 is 10.6 Å². The largest absolute Gasteiger partial charge is 0.348 e. The third-order valence-corrected chi connectivity index (χ3v) is 5.93. The van der Waals surface area contributed by atoms with Crippen molar-refractivity contribution in [2.45, 2.75) is 11.4 Å². The molecule has 0 fully saturated rings. The fourth-order valence-electron chi connectivity index (χ4n) is 2.89. The van der Waals surface area contributed by atoms with Gasteiger partial charge in [0, 0.05) is 37.1 Å². The summed E-state index contributed by atoms with van der Waals surface area (Å²) in [5, 5.41) is 9.32. The number of amides is 2. The van der Waals surface area contributed by atoms with Crippen LogP contribution < -0.4 is 10.6 Å². The van der Waals surface area contributed by atoms with Gasteiger partial charge in [-0.15, -0.1) is 0 Å². The zero-order valence-corrected chi connectivity index (χ0v) is 15.0. The van der Waals surface area contributed by atoms with Crippen LogP contribution in [-0.2, 0) is 23.6 Å². The Bertz CT molecular complexity index is 1180. The van der Waals surface area contributed by atoms with E-state index in [0.717, 1.165) is 9.54 Å². The van der Waals surface area contributed by atoms with Gasteiger partial charge in [0.15, 0.2) is 0 Å². The number of hydrogen-bond donors (Lipinski definition) is 2. The molecule has 0 bridgehead atoms. The molecule has 138 valence electrons. The van der Waals surface area contributed by atoms with Crippen LogP contribution in [0.4, 0.5) is 5.69 Å². The minimum Gasteiger partial charge on any atom is -0.348 e. The Morgan fingerprint density at radius 3 is 2.85 bits per heavy atom. The van der Waals surface area contributed by atoms with E-state index in [0.29, 0.717) is 0 Å². The van der Waals surface area contributed by atoms with Crippen molar-refractivity contribution in [2.24, 2.45) is 7.05 Å². The van der Waals surface area contributed by atoms with Crippen LogP contribution >= 0.6 is 0 Å². The van der Waals surface area contributed by atoms with Crippen molar-refractivity contribution >= 4 is 27.5 Å². The van der Waals surface area contributed by atoms with E-state index in [1.54, 1.807) is 24.1 Å². The molecule has 0 unspecified atom stereocenters. The van der Waals surface area contributed by atoms with Gasteiger partial charge in [-0.25, -0.2) is 12.4 Å². The van der Waals surface area contributed by atoms with E-state index < -0.39 is 21.8 Å². The highest BCUT2D eigenvalue weighted by molar-refractivity contribution is 7.90. The fourth-order valence-corrected chi connectivity index (χ4v) is 4.36. The number of aryl methyl sites for hydroxylation is 1. The normalized spacial score (nSPS) is 14.6. The van der Waals surface area contributed by atoms with Crippen molar-refractivity contribution in [3.8, 4) is 0 Å². The first-order valence-electron chi connectivity index (χ1n) is 8.00. The van der Waals surface area contributed by atoms with Gasteiger partial charge in [0.1, 0.15) is 10.6 Å². The number of rotatable bonds is 3. The zero-order valence-electron chi connectivity index (χ0n) is 14.2. The van der Waals surface area contributed by atoms with Crippen LogP contribution in [0.5, 0.6) is 0 Å². The number of carbonyl (C=O) groups excluding carboxylic acids is 2. The topological polar surface area (TPSA) is 115 Å². The van der Waals surface area contributed by atoms with Crippen molar-refractivity contribution in [3.05, 3.63) is 65.7 Å². The molecule has 2 amide bonds. The average Bonchev–Trinajstić information content (AvgIpc) is 3.27. The second kappa shape index (κ2) is 6.09. The standard InChI is InChI=1S/C17H15N5O4S/c1-21-10-11(9-19-21)8-18-16(23)12-4-5-15-13(7-12)20-17(24)14-3-2-6-22(14)27(15,25)26/h2-7,9-10H,8H2,1H3,(H,18,23)(H,20,24). The second-order valence-corrected chi connectivity index (χ2v) is 7.85. The summed E-state index contributed by atoms with van der Waals surface area (Å²) in [6, 6.07) is 6.99. The summed E-state index contributed by atoms with van der Waals surface area (Å²) in [5.41, 5.74) is 1.14. The number of hydrogen-bond acceptors (Lipinski definition) is 5. The number of nitrogens with zero attached hydrogens (tertiary/aromatic N) is 3. The summed E-state index contributed by atoms with van der Waals surface area (Å²) in [5.74, 6) is -0.951. The summed E-state index contributed by atoms with van der Waals surface area (Å²) in [7, 11) is -2.16. The van der Waals surface area contributed by atoms with Crippen LogP contribution in [0.2, 0.25) is 0 Å². The zero-order chi connectivity index (χ0) is 19.2. The molecule has 0 atom stereocenters. The molecule has 2 aromatic heterocycles. The molecular weight excluding hydrogens is 370 g/mol. The second-order valence-electron chi connectivity index (χ2n) is 6.06.